The van der Waals surface area contributed by atoms with Crippen molar-refractivity contribution in [2.24, 2.45) is 11.7 Å². The van der Waals surface area contributed by atoms with Crippen LogP contribution in [0, 0.1) is 17.6 Å². The van der Waals surface area contributed by atoms with Gasteiger partial charge < -0.3 is 5.73 Å². The highest BCUT2D eigenvalue weighted by Gasteiger charge is 2.35. The molecule has 1 unspecified atom stereocenters. The van der Waals surface area contributed by atoms with Crippen LogP contribution in [0.1, 0.15) is 30.0 Å². The molecule has 1 fully saturated rings. The normalized spacial score (nSPS) is 22.2. The fourth-order valence-electron chi connectivity index (χ4n) is 3.57. The van der Waals surface area contributed by atoms with E-state index in [0.717, 1.165) is 19.2 Å². The lowest BCUT2D eigenvalue weighted by Crippen LogP contribution is -2.26. The van der Waals surface area contributed by atoms with E-state index in [1.165, 1.54) is 17.7 Å². The molecule has 1 saturated heterocycles. The Balaban J connectivity index is 0.00000208. The van der Waals surface area contributed by atoms with Gasteiger partial charge in [0.15, 0.2) is 0 Å². The van der Waals surface area contributed by atoms with E-state index in [2.05, 4.69) is 17.0 Å². The summed E-state index contributed by atoms with van der Waals surface area (Å²) in [5.74, 6) is -0.0921. The summed E-state index contributed by atoms with van der Waals surface area (Å²) in [7, 11) is 0. The molecule has 0 aromatic heterocycles. The number of rotatable bonds is 4. The molecular formula is C19H23ClF2N2. The van der Waals surface area contributed by atoms with Crippen LogP contribution in [0.4, 0.5) is 8.78 Å². The molecule has 2 N–H and O–H groups in total. The third-order valence-corrected chi connectivity index (χ3v) is 4.96. The summed E-state index contributed by atoms with van der Waals surface area (Å²) < 4.78 is 27.5. The van der Waals surface area contributed by atoms with Gasteiger partial charge in [0.1, 0.15) is 11.6 Å². The lowest BCUT2D eigenvalue weighted by Gasteiger charge is -2.25. The van der Waals surface area contributed by atoms with Gasteiger partial charge in [-0.2, -0.15) is 0 Å². The summed E-state index contributed by atoms with van der Waals surface area (Å²) in [6.07, 6.45) is 0. The molecular weight excluding hydrogens is 330 g/mol. The Hall–Kier alpha value is -1.49. The number of nitrogens with zero attached hydrogens (tertiary/aromatic N) is 1. The van der Waals surface area contributed by atoms with Gasteiger partial charge in [-0.25, -0.2) is 8.78 Å². The monoisotopic (exact) mass is 352 g/mol. The van der Waals surface area contributed by atoms with Crippen LogP contribution in [0.5, 0.6) is 0 Å². The predicted molar refractivity (Wildman–Crippen MR) is 95.3 cm³/mol. The van der Waals surface area contributed by atoms with Crippen molar-refractivity contribution in [2.45, 2.75) is 18.9 Å². The van der Waals surface area contributed by atoms with Crippen molar-refractivity contribution in [2.75, 3.05) is 19.6 Å². The van der Waals surface area contributed by atoms with E-state index >= 15 is 0 Å². The van der Waals surface area contributed by atoms with Crippen molar-refractivity contribution in [3.8, 4) is 0 Å². The molecule has 0 saturated carbocycles. The number of benzene rings is 2. The molecule has 1 aliphatic rings. The largest absolute Gasteiger partial charge is 0.330 e. The Bertz CT molecular complexity index is 666. The minimum absolute atomic E-state index is 0. The summed E-state index contributed by atoms with van der Waals surface area (Å²) in [6, 6.07) is 13.8. The van der Waals surface area contributed by atoms with Crippen LogP contribution >= 0.6 is 12.4 Å². The SMILES string of the molecule is CC(c1cc(F)ccc1F)N1C[C@@H](CN)[C@H](c2ccccc2)C1.Cl. The number of likely N-dealkylation sites (tertiary alicyclic amines) is 1. The van der Waals surface area contributed by atoms with Crippen LogP contribution in [0.25, 0.3) is 0 Å². The smallest absolute Gasteiger partial charge is 0.128 e. The van der Waals surface area contributed by atoms with Crippen LogP contribution in [0.2, 0.25) is 0 Å². The molecule has 2 aromatic rings. The average molecular weight is 353 g/mol. The van der Waals surface area contributed by atoms with E-state index in [1.54, 1.807) is 0 Å². The van der Waals surface area contributed by atoms with Crippen molar-refractivity contribution in [1.29, 1.82) is 0 Å². The van der Waals surface area contributed by atoms with Gasteiger partial charge in [0.2, 0.25) is 0 Å². The molecule has 0 aliphatic carbocycles. The second-order valence-corrected chi connectivity index (χ2v) is 6.31. The third-order valence-electron chi connectivity index (χ3n) is 4.96. The van der Waals surface area contributed by atoms with Crippen LogP contribution < -0.4 is 5.73 Å². The van der Waals surface area contributed by atoms with Gasteiger partial charge in [0.25, 0.3) is 0 Å². The first kappa shape index (κ1) is 18.8. The zero-order valence-electron chi connectivity index (χ0n) is 13.7. The van der Waals surface area contributed by atoms with Crippen molar-refractivity contribution in [3.05, 3.63) is 71.3 Å². The van der Waals surface area contributed by atoms with Crippen LogP contribution in [-0.4, -0.2) is 24.5 Å². The van der Waals surface area contributed by atoms with E-state index in [0.29, 0.717) is 23.9 Å². The van der Waals surface area contributed by atoms with Crippen LogP contribution in [0.3, 0.4) is 0 Å². The van der Waals surface area contributed by atoms with E-state index in [1.807, 2.05) is 25.1 Å². The van der Waals surface area contributed by atoms with E-state index in [4.69, 9.17) is 5.73 Å². The standard InChI is InChI=1S/C19H22F2N2.ClH/c1-13(17-9-16(20)7-8-19(17)21)23-11-15(10-22)18(12-23)14-5-3-2-4-6-14;/h2-9,13,15,18H,10-12,22H2,1H3;1H/t13?,15-,18+;/m1./s1. The quantitative estimate of drug-likeness (QED) is 0.896. The average Bonchev–Trinajstić information content (AvgIpc) is 3.01. The van der Waals surface area contributed by atoms with Crippen molar-refractivity contribution in [3.63, 3.8) is 0 Å². The molecule has 130 valence electrons. The molecule has 3 rings (SSSR count). The maximum atomic E-state index is 14.1. The lowest BCUT2D eigenvalue weighted by molar-refractivity contribution is 0.246. The summed E-state index contributed by atoms with van der Waals surface area (Å²) in [5.41, 5.74) is 7.63. The fourth-order valence-corrected chi connectivity index (χ4v) is 3.57. The van der Waals surface area contributed by atoms with E-state index < -0.39 is 5.82 Å². The van der Waals surface area contributed by atoms with E-state index in [-0.39, 0.29) is 24.3 Å². The minimum atomic E-state index is -0.401. The molecule has 1 heterocycles. The number of nitrogens with two attached hydrogens (primary N) is 1. The summed E-state index contributed by atoms with van der Waals surface area (Å²) in [4.78, 5) is 2.20. The fraction of sp³-hybridized carbons (Fsp3) is 0.368. The Labute approximate surface area is 148 Å². The first-order chi connectivity index (χ1) is 11.1. The van der Waals surface area contributed by atoms with Gasteiger partial charge in [-0.15, -0.1) is 12.4 Å². The number of hydrogen-bond acceptors (Lipinski definition) is 2. The number of halogens is 3. The van der Waals surface area contributed by atoms with Gasteiger partial charge in [-0.05, 0) is 43.1 Å². The second-order valence-electron chi connectivity index (χ2n) is 6.31. The van der Waals surface area contributed by atoms with Gasteiger partial charge >= 0.3 is 0 Å². The first-order valence-corrected chi connectivity index (χ1v) is 8.04. The summed E-state index contributed by atoms with van der Waals surface area (Å²) >= 11 is 0. The van der Waals surface area contributed by atoms with Crippen molar-refractivity contribution >= 4 is 12.4 Å². The number of hydrogen-bond donors (Lipinski definition) is 1. The molecule has 2 aromatic carbocycles. The van der Waals surface area contributed by atoms with Crippen LogP contribution in [-0.2, 0) is 0 Å². The highest BCUT2D eigenvalue weighted by molar-refractivity contribution is 5.85. The van der Waals surface area contributed by atoms with Crippen LogP contribution in [0.15, 0.2) is 48.5 Å². The van der Waals surface area contributed by atoms with E-state index in [9.17, 15) is 8.78 Å². The van der Waals surface area contributed by atoms with Gasteiger partial charge in [-0.3, -0.25) is 4.90 Å². The van der Waals surface area contributed by atoms with Gasteiger partial charge in [-0.1, -0.05) is 30.3 Å². The summed E-state index contributed by atoms with van der Waals surface area (Å²) in [6.45, 7) is 4.13. The van der Waals surface area contributed by atoms with Gasteiger partial charge in [0.05, 0.1) is 0 Å². The molecule has 5 heteroatoms. The Morgan fingerprint density at radius 1 is 1.12 bits per heavy atom. The summed E-state index contributed by atoms with van der Waals surface area (Å²) in [5, 5.41) is 0. The molecule has 0 amide bonds. The molecule has 0 radical (unpaired) electrons. The molecule has 24 heavy (non-hydrogen) atoms. The highest BCUT2D eigenvalue weighted by atomic mass is 35.5. The lowest BCUT2D eigenvalue weighted by atomic mass is 9.89. The second kappa shape index (κ2) is 8.06. The maximum Gasteiger partial charge on any atom is 0.128 e. The minimum Gasteiger partial charge on any atom is -0.330 e. The molecule has 0 spiro atoms. The Morgan fingerprint density at radius 3 is 2.50 bits per heavy atom. The molecule has 2 nitrogen and oxygen atoms in total. The van der Waals surface area contributed by atoms with Crippen molar-refractivity contribution in [1.82, 2.24) is 4.90 Å². The zero-order valence-corrected chi connectivity index (χ0v) is 14.5. The predicted octanol–water partition coefficient (Wildman–Crippen LogP) is 4.12. The first-order valence-electron chi connectivity index (χ1n) is 8.04. The maximum absolute atomic E-state index is 14.1. The van der Waals surface area contributed by atoms with Gasteiger partial charge in [0, 0.05) is 30.6 Å². The van der Waals surface area contributed by atoms with Crippen molar-refractivity contribution < 1.29 is 8.78 Å². The zero-order chi connectivity index (χ0) is 16.4. The third kappa shape index (κ3) is 3.77. The Kier molecular flexibility index (Phi) is 6.33. The molecule has 0 bridgehead atoms. The topological polar surface area (TPSA) is 29.3 Å². The molecule has 3 atom stereocenters. The highest BCUT2D eigenvalue weighted by Crippen LogP contribution is 2.37. The molecule has 1 aliphatic heterocycles. The Morgan fingerprint density at radius 2 is 1.83 bits per heavy atom.